The standard InChI is InChI=1S/C16H26N4/c1-10(2)15-18-14(17)11(3)16(19-15)20(8-12-4-5-12)9-13-6-7-13/h10,12-13H,4-9H2,1-3H3,(H2,17,18,19). The normalized spacial score (nSPS) is 18.6. The van der Waals surface area contributed by atoms with Crippen molar-refractivity contribution in [2.75, 3.05) is 23.7 Å². The van der Waals surface area contributed by atoms with E-state index in [-0.39, 0.29) is 0 Å². The Bertz CT molecular complexity index is 475. The molecule has 2 aliphatic carbocycles. The summed E-state index contributed by atoms with van der Waals surface area (Å²) in [6.07, 6.45) is 5.49. The number of nitrogens with zero attached hydrogens (tertiary/aromatic N) is 3. The number of nitrogen functional groups attached to an aromatic ring is 1. The zero-order valence-electron chi connectivity index (χ0n) is 12.9. The highest BCUT2D eigenvalue weighted by Crippen LogP contribution is 2.36. The molecule has 0 amide bonds. The predicted octanol–water partition coefficient (Wildman–Crippen LogP) is 3.12. The molecule has 2 fully saturated rings. The van der Waals surface area contributed by atoms with Crippen LogP contribution in [0.25, 0.3) is 0 Å². The van der Waals surface area contributed by atoms with Crippen molar-refractivity contribution >= 4 is 11.6 Å². The predicted molar refractivity (Wildman–Crippen MR) is 82.9 cm³/mol. The molecule has 0 spiro atoms. The van der Waals surface area contributed by atoms with Crippen LogP contribution in [0.1, 0.15) is 56.8 Å². The first kappa shape index (κ1) is 13.7. The third kappa shape index (κ3) is 3.05. The van der Waals surface area contributed by atoms with Crippen molar-refractivity contribution in [3.05, 3.63) is 11.4 Å². The first-order chi connectivity index (χ1) is 9.54. The molecule has 110 valence electrons. The van der Waals surface area contributed by atoms with E-state index in [1.165, 1.54) is 25.7 Å². The van der Waals surface area contributed by atoms with Gasteiger partial charge in [0.05, 0.1) is 0 Å². The minimum absolute atomic E-state index is 0.320. The lowest BCUT2D eigenvalue weighted by atomic mass is 10.2. The van der Waals surface area contributed by atoms with Gasteiger partial charge in [0, 0.05) is 24.6 Å². The average Bonchev–Trinajstić information content (AvgIpc) is 3.26. The Morgan fingerprint density at radius 3 is 2.10 bits per heavy atom. The maximum Gasteiger partial charge on any atom is 0.137 e. The Hall–Kier alpha value is -1.32. The van der Waals surface area contributed by atoms with Crippen LogP contribution in [0.15, 0.2) is 0 Å². The summed E-state index contributed by atoms with van der Waals surface area (Å²) in [4.78, 5) is 11.8. The van der Waals surface area contributed by atoms with E-state index in [4.69, 9.17) is 10.7 Å². The highest BCUT2D eigenvalue weighted by Gasteiger charge is 2.31. The van der Waals surface area contributed by atoms with Crippen molar-refractivity contribution in [2.24, 2.45) is 11.8 Å². The van der Waals surface area contributed by atoms with Gasteiger partial charge in [-0.1, -0.05) is 13.8 Å². The van der Waals surface area contributed by atoms with E-state index in [0.717, 1.165) is 42.1 Å². The molecule has 0 aromatic carbocycles. The largest absolute Gasteiger partial charge is 0.383 e. The van der Waals surface area contributed by atoms with E-state index >= 15 is 0 Å². The van der Waals surface area contributed by atoms with Gasteiger partial charge in [0.15, 0.2) is 0 Å². The summed E-state index contributed by atoms with van der Waals surface area (Å²) in [5, 5.41) is 0. The smallest absolute Gasteiger partial charge is 0.137 e. The fourth-order valence-electron chi connectivity index (χ4n) is 2.58. The zero-order chi connectivity index (χ0) is 14.3. The Labute approximate surface area is 121 Å². The second-order valence-electron chi connectivity index (χ2n) is 6.86. The second-order valence-corrected chi connectivity index (χ2v) is 6.86. The molecule has 4 nitrogen and oxygen atoms in total. The van der Waals surface area contributed by atoms with E-state index < -0.39 is 0 Å². The van der Waals surface area contributed by atoms with Crippen molar-refractivity contribution in [3.63, 3.8) is 0 Å². The summed E-state index contributed by atoms with van der Waals surface area (Å²) in [7, 11) is 0. The molecule has 0 bridgehead atoms. The van der Waals surface area contributed by atoms with Crippen molar-refractivity contribution in [1.29, 1.82) is 0 Å². The maximum absolute atomic E-state index is 6.11. The van der Waals surface area contributed by atoms with Gasteiger partial charge in [0.25, 0.3) is 0 Å². The molecule has 2 saturated carbocycles. The average molecular weight is 274 g/mol. The molecular formula is C16H26N4. The van der Waals surface area contributed by atoms with Gasteiger partial charge in [-0.2, -0.15) is 0 Å². The van der Waals surface area contributed by atoms with E-state index in [1.807, 2.05) is 0 Å². The van der Waals surface area contributed by atoms with Gasteiger partial charge in [-0.25, -0.2) is 9.97 Å². The number of aromatic nitrogens is 2. The molecular weight excluding hydrogens is 248 g/mol. The quantitative estimate of drug-likeness (QED) is 0.866. The minimum Gasteiger partial charge on any atom is -0.383 e. The van der Waals surface area contributed by atoms with Gasteiger partial charge in [0.1, 0.15) is 17.5 Å². The molecule has 1 heterocycles. The van der Waals surface area contributed by atoms with Crippen molar-refractivity contribution in [3.8, 4) is 0 Å². The van der Waals surface area contributed by atoms with Crippen LogP contribution in [-0.4, -0.2) is 23.1 Å². The van der Waals surface area contributed by atoms with Crippen LogP contribution in [-0.2, 0) is 0 Å². The fourth-order valence-corrected chi connectivity index (χ4v) is 2.58. The zero-order valence-corrected chi connectivity index (χ0v) is 12.9. The van der Waals surface area contributed by atoms with Crippen molar-refractivity contribution < 1.29 is 0 Å². The van der Waals surface area contributed by atoms with E-state index in [2.05, 4.69) is 30.7 Å². The number of nitrogens with two attached hydrogens (primary N) is 1. The van der Waals surface area contributed by atoms with Gasteiger partial charge in [-0.15, -0.1) is 0 Å². The number of hydrogen-bond donors (Lipinski definition) is 1. The topological polar surface area (TPSA) is 55.0 Å². The highest BCUT2D eigenvalue weighted by atomic mass is 15.2. The summed E-state index contributed by atoms with van der Waals surface area (Å²) in [5.41, 5.74) is 7.16. The first-order valence-electron chi connectivity index (χ1n) is 7.93. The van der Waals surface area contributed by atoms with Crippen LogP contribution in [0.4, 0.5) is 11.6 Å². The van der Waals surface area contributed by atoms with E-state index in [0.29, 0.717) is 11.7 Å². The van der Waals surface area contributed by atoms with Gasteiger partial charge in [-0.3, -0.25) is 0 Å². The number of anilines is 2. The van der Waals surface area contributed by atoms with Gasteiger partial charge >= 0.3 is 0 Å². The molecule has 0 saturated heterocycles. The van der Waals surface area contributed by atoms with Crippen LogP contribution in [0.3, 0.4) is 0 Å². The van der Waals surface area contributed by atoms with Crippen molar-refractivity contribution in [1.82, 2.24) is 9.97 Å². The molecule has 1 aromatic heterocycles. The van der Waals surface area contributed by atoms with E-state index in [9.17, 15) is 0 Å². The third-order valence-electron chi connectivity index (χ3n) is 4.34. The van der Waals surface area contributed by atoms with Crippen LogP contribution in [0.5, 0.6) is 0 Å². The Kier molecular flexibility index (Phi) is 3.57. The molecule has 2 N–H and O–H groups in total. The SMILES string of the molecule is Cc1c(N)nc(C(C)C)nc1N(CC1CC1)CC1CC1. The lowest BCUT2D eigenvalue weighted by Gasteiger charge is -2.26. The first-order valence-corrected chi connectivity index (χ1v) is 7.93. The van der Waals surface area contributed by atoms with Crippen LogP contribution < -0.4 is 10.6 Å². The molecule has 0 atom stereocenters. The minimum atomic E-state index is 0.320. The van der Waals surface area contributed by atoms with E-state index in [1.54, 1.807) is 0 Å². The Balaban J connectivity index is 1.90. The maximum atomic E-state index is 6.11. The Morgan fingerprint density at radius 2 is 1.65 bits per heavy atom. The monoisotopic (exact) mass is 274 g/mol. The van der Waals surface area contributed by atoms with Crippen LogP contribution in [0, 0.1) is 18.8 Å². The molecule has 1 aromatic rings. The third-order valence-corrected chi connectivity index (χ3v) is 4.34. The summed E-state index contributed by atoms with van der Waals surface area (Å²) in [5.74, 6) is 4.66. The molecule has 20 heavy (non-hydrogen) atoms. The van der Waals surface area contributed by atoms with Crippen molar-refractivity contribution in [2.45, 2.75) is 52.4 Å². The number of rotatable bonds is 6. The van der Waals surface area contributed by atoms with Gasteiger partial charge in [-0.05, 0) is 44.4 Å². The summed E-state index contributed by atoms with van der Waals surface area (Å²) in [6, 6.07) is 0. The molecule has 0 unspecified atom stereocenters. The molecule has 2 aliphatic rings. The highest BCUT2D eigenvalue weighted by molar-refractivity contribution is 5.57. The molecule has 4 heteroatoms. The lowest BCUT2D eigenvalue weighted by molar-refractivity contribution is 0.661. The fraction of sp³-hybridized carbons (Fsp3) is 0.750. The van der Waals surface area contributed by atoms with Crippen LogP contribution >= 0.6 is 0 Å². The second kappa shape index (κ2) is 5.23. The molecule has 0 aliphatic heterocycles. The summed E-state index contributed by atoms with van der Waals surface area (Å²) in [6.45, 7) is 8.60. The number of hydrogen-bond acceptors (Lipinski definition) is 4. The molecule has 3 rings (SSSR count). The van der Waals surface area contributed by atoms with Gasteiger partial charge in [0.2, 0.25) is 0 Å². The summed E-state index contributed by atoms with van der Waals surface area (Å²) >= 11 is 0. The summed E-state index contributed by atoms with van der Waals surface area (Å²) < 4.78 is 0. The van der Waals surface area contributed by atoms with Crippen LogP contribution in [0.2, 0.25) is 0 Å². The lowest BCUT2D eigenvalue weighted by Crippen LogP contribution is -2.30. The molecule has 0 radical (unpaired) electrons. The Morgan fingerprint density at radius 1 is 1.10 bits per heavy atom. The van der Waals surface area contributed by atoms with Gasteiger partial charge < -0.3 is 10.6 Å².